The molecule has 5 nitrogen and oxygen atoms in total. The van der Waals surface area contributed by atoms with Gasteiger partial charge in [0.25, 0.3) is 0 Å². The van der Waals surface area contributed by atoms with Gasteiger partial charge < -0.3 is 4.18 Å². The predicted octanol–water partition coefficient (Wildman–Crippen LogP) is 14.1. The lowest BCUT2D eigenvalue weighted by Gasteiger charge is -2.42. The molecule has 0 spiro atoms. The monoisotopic (exact) mass is 912 g/mol. The minimum atomic E-state index is -7.12. The molecule has 0 atom stereocenters. The summed E-state index contributed by atoms with van der Waals surface area (Å²) in [4.78, 5) is 14.1. The minimum absolute atomic E-state index is 0.0200. The van der Waals surface area contributed by atoms with E-state index in [0.717, 1.165) is 11.1 Å². The molecule has 6 rings (SSSR count). The highest BCUT2D eigenvalue weighted by Crippen LogP contribution is 2.72. The maximum atomic E-state index is 16.6. The smallest absolute Gasteiger partial charge is 0.397 e. The molecule has 0 aliphatic rings. The molecule has 0 radical (unpaired) electrons. The van der Waals surface area contributed by atoms with Gasteiger partial charge in [0.2, 0.25) is 0 Å². The van der Waals surface area contributed by atoms with E-state index in [4.69, 9.17) is 7.81 Å². The zero-order chi connectivity index (χ0) is 45.4. The number of carbonyl (C=O) groups excluding carboxylic acids is 1. The maximum absolute atomic E-state index is 16.6. The second kappa shape index (κ2) is 16.9. The summed E-state index contributed by atoms with van der Waals surface area (Å²) in [5.74, 6) is -16.5. The van der Waals surface area contributed by atoms with Gasteiger partial charge in [0, 0.05) is 29.4 Å². The molecule has 328 valence electrons. The van der Waals surface area contributed by atoms with Crippen LogP contribution in [0.5, 0.6) is 0 Å². The number of halogens is 6. The van der Waals surface area contributed by atoms with Crippen molar-refractivity contribution in [3.8, 4) is 0 Å². The summed E-state index contributed by atoms with van der Waals surface area (Å²) in [5.41, 5.74) is 0.729. The van der Waals surface area contributed by atoms with E-state index in [0.29, 0.717) is 0 Å². The van der Waals surface area contributed by atoms with Gasteiger partial charge in [-0.05, 0) is 115 Å². The first kappa shape index (κ1) is 46.5. The lowest BCUT2D eigenvalue weighted by molar-refractivity contribution is -0.275. The first-order valence-electron chi connectivity index (χ1n) is 19.3. The molecular weight excluding hydrogens is 867 g/mol. The van der Waals surface area contributed by atoms with E-state index >= 15 is 26.3 Å². The van der Waals surface area contributed by atoms with Gasteiger partial charge in [-0.3, -0.25) is 0 Å². The van der Waals surface area contributed by atoms with Crippen LogP contribution in [0, 0.1) is 0 Å². The van der Waals surface area contributed by atoms with Crippen LogP contribution in [0.4, 0.5) is 26.3 Å². The Labute approximate surface area is 362 Å². The van der Waals surface area contributed by atoms with Crippen LogP contribution in [0.25, 0.3) is 0 Å². The first-order chi connectivity index (χ1) is 28.9. The van der Waals surface area contributed by atoms with E-state index in [1.807, 2.05) is 41.5 Å². The Morgan fingerprint density at radius 3 is 1.00 bits per heavy atom. The average molecular weight is 913 g/mol. The minimum Gasteiger partial charge on any atom is -0.397 e. The summed E-state index contributed by atoms with van der Waals surface area (Å²) in [7, 11) is -14.8. The fraction of sp³-hybridized carbons (Fsp3) is 0.229. The zero-order valence-electron chi connectivity index (χ0n) is 34.7. The SMILES string of the molecule is CC(C)(C)c1ccc(S(OC(=O)C(F)(F)C(F)(F)C(F)(F)S(=O)(=O)OS(c2ccccc2)(c2ccccc2)c2ccc(C(C)(C)C)cc2)(c2ccccc2)c2ccccc2)cc1. The highest BCUT2D eigenvalue weighted by Gasteiger charge is 2.82. The second-order valence-corrected chi connectivity index (χ2v) is 23.7. The maximum Gasteiger partial charge on any atom is 0.439 e. The number of carbonyl (C=O) groups is 1. The van der Waals surface area contributed by atoms with Gasteiger partial charge in [0.15, 0.2) is 0 Å². The van der Waals surface area contributed by atoms with E-state index in [1.165, 1.54) is 121 Å². The lowest BCUT2D eigenvalue weighted by atomic mass is 9.87. The van der Waals surface area contributed by atoms with E-state index < -0.39 is 64.6 Å². The number of benzene rings is 6. The van der Waals surface area contributed by atoms with E-state index in [2.05, 4.69) is 0 Å². The Morgan fingerprint density at radius 2 is 0.694 bits per heavy atom. The fourth-order valence-electron chi connectivity index (χ4n) is 6.63. The van der Waals surface area contributed by atoms with Crippen molar-refractivity contribution in [1.29, 1.82) is 0 Å². The molecule has 0 bridgehead atoms. The number of rotatable bonds is 13. The van der Waals surface area contributed by atoms with Crippen LogP contribution in [0.1, 0.15) is 52.7 Å². The molecule has 6 aromatic carbocycles. The molecule has 0 saturated carbocycles. The predicted molar refractivity (Wildman–Crippen MR) is 232 cm³/mol. The van der Waals surface area contributed by atoms with Gasteiger partial charge >= 0.3 is 33.2 Å². The van der Waals surface area contributed by atoms with Crippen molar-refractivity contribution in [3.05, 3.63) is 181 Å². The van der Waals surface area contributed by atoms with Gasteiger partial charge in [-0.15, -0.1) is 0 Å². The third-order valence-corrected chi connectivity index (χ3v) is 18.6. The molecule has 0 N–H and O–H groups in total. The van der Waals surface area contributed by atoms with Crippen molar-refractivity contribution >= 4 is 36.7 Å². The summed E-state index contributed by atoms with van der Waals surface area (Å²) >= 11 is 0. The molecule has 6 aromatic rings. The van der Waals surface area contributed by atoms with Crippen LogP contribution in [-0.2, 0) is 33.6 Å². The Bertz CT molecular complexity index is 2500. The summed E-state index contributed by atoms with van der Waals surface area (Å²) in [5, 5.41) is -6.73. The Hall–Kier alpha value is -5.02. The molecule has 0 aliphatic heterocycles. The molecule has 0 fully saturated rings. The van der Waals surface area contributed by atoms with Crippen molar-refractivity contribution in [2.45, 2.75) is 98.8 Å². The van der Waals surface area contributed by atoms with E-state index in [9.17, 15) is 13.2 Å². The third-order valence-electron chi connectivity index (χ3n) is 10.1. The molecule has 62 heavy (non-hydrogen) atoms. The Balaban J connectivity index is 1.50. The van der Waals surface area contributed by atoms with E-state index in [1.54, 1.807) is 48.5 Å². The summed E-state index contributed by atoms with van der Waals surface area (Å²) in [6.07, 6.45) is 0. The number of hydrogen-bond donors (Lipinski definition) is 0. The van der Waals surface area contributed by atoms with E-state index in [-0.39, 0.29) is 29.4 Å². The molecule has 0 saturated heterocycles. The second-order valence-electron chi connectivity index (χ2n) is 16.5. The van der Waals surface area contributed by atoms with Crippen molar-refractivity contribution in [2.75, 3.05) is 0 Å². The highest BCUT2D eigenvalue weighted by atomic mass is 32.3. The summed E-state index contributed by atoms with van der Waals surface area (Å²) in [6, 6.07) is 41.7. The topological polar surface area (TPSA) is 69.7 Å². The average Bonchev–Trinajstić information content (AvgIpc) is 3.25. The molecule has 0 heterocycles. The molecule has 0 unspecified atom stereocenters. The summed E-state index contributed by atoms with van der Waals surface area (Å²) < 4.78 is 138. The van der Waals surface area contributed by atoms with Crippen molar-refractivity contribution in [2.24, 2.45) is 0 Å². The van der Waals surface area contributed by atoms with Crippen LogP contribution in [-0.4, -0.2) is 31.5 Å². The molecular formula is C48H46F6O5S3. The van der Waals surface area contributed by atoms with Gasteiger partial charge in [-0.2, -0.15) is 34.8 Å². The van der Waals surface area contributed by atoms with Crippen LogP contribution >= 0.6 is 20.6 Å². The zero-order valence-corrected chi connectivity index (χ0v) is 37.1. The standard InChI is InChI=1S/C48H46F6O5S3/c1-44(2,3)35-27-31-41(32-28-35)60(37-19-11-7-12-20-37,38-21-13-8-14-22-38)58-43(55)46(49,50)47(51,52)48(53,54)62(56,57)59-61(39-23-15-9-16-24-39,40-25-17-10-18-26-40)42-33-29-36(30-34-42)45(4,5)6/h7-34H,1-6H3. The molecule has 0 amide bonds. The number of alkyl halides is 6. The molecule has 14 heteroatoms. The van der Waals surface area contributed by atoms with Gasteiger partial charge in [0.1, 0.15) is 0 Å². The van der Waals surface area contributed by atoms with Crippen molar-refractivity contribution < 1.29 is 47.4 Å². The van der Waals surface area contributed by atoms with Gasteiger partial charge in [-0.25, -0.2) is 8.42 Å². The quantitative estimate of drug-likeness (QED) is 0.108. The van der Waals surface area contributed by atoms with Gasteiger partial charge in [0.05, 0.1) is 0 Å². The number of hydrogen-bond acceptors (Lipinski definition) is 5. The fourth-order valence-corrected chi connectivity index (χ4v) is 14.9. The van der Waals surface area contributed by atoms with Crippen LogP contribution < -0.4 is 0 Å². The van der Waals surface area contributed by atoms with Crippen molar-refractivity contribution in [3.63, 3.8) is 0 Å². The highest BCUT2D eigenvalue weighted by molar-refractivity contribution is 8.33. The largest absolute Gasteiger partial charge is 0.439 e. The Morgan fingerprint density at radius 1 is 0.419 bits per heavy atom. The first-order valence-corrected chi connectivity index (χ1v) is 23.9. The lowest BCUT2D eigenvalue weighted by Crippen LogP contribution is -2.61. The molecule has 0 aliphatic carbocycles. The Kier molecular flexibility index (Phi) is 12.7. The van der Waals surface area contributed by atoms with Crippen LogP contribution in [0.2, 0.25) is 0 Å². The summed E-state index contributed by atoms with van der Waals surface area (Å²) in [6.45, 7) is 11.5. The van der Waals surface area contributed by atoms with Gasteiger partial charge in [-0.1, -0.05) is 139 Å². The van der Waals surface area contributed by atoms with Crippen LogP contribution in [0.15, 0.2) is 199 Å². The normalized spacial score (nSPS) is 13.9. The van der Waals surface area contributed by atoms with Crippen LogP contribution in [0.3, 0.4) is 0 Å². The van der Waals surface area contributed by atoms with Crippen molar-refractivity contribution in [1.82, 2.24) is 0 Å². The molecule has 0 aromatic heterocycles. The third kappa shape index (κ3) is 8.29.